The van der Waals surface area contributed by atoms with E-state index in [1.54, 1.807) is 34.1 Å². The summed E-state index contributed by atoms with van der Waals surface area (Å²) < 4.78 is 12.0. The lowest BCUT2D eigenvalue weighted by Crippen LogP contribution is -2.49. The van der Waals surface area contributed by atoms with Gasteiger partial charge in [0.05, 0.1) is 36.4 Å². The summed E-state index contributed by atoms with van der Waals surface area (Å²) in [5, 5.41) is 7.57. The van der Waals surface area contributed by atoms with E-state index in [0.717, 1.165) is 23.2 Å². The number of aryl methyl sites for hydroxylation is 1. The number of hydrogen-bond donors (Lipinski definition) is 1. The molecule has 1 aromatic carbocycles. The fraction of sp³-hybridized carbons (Fsp3) is 0.375. The maximum atomic E-state index is 12.4. The van der Waals surface area contributed by atoms with Gasteiger partial charge in [0.25, 0.3) is 0 Å². The number of methoxy groups -OCH3 is 1. The SMILES string of the molecule is COC(=O)c1ccc(-c2nc(Nc3cnn(C4CCN4C(=O)OC(C)(C)C)c3)ncc2C)cc1. The van der Waals surface area contributed by atoms with Crippen LogP contribution in [0.5, 0.6) is 0 Å². The first-order chi connectivity index (χ1) is 16.1. The third-order valence-electron chi connectivity index (χ3n) is 5.33. The average Bonchev–Trinajstić information content (AvgIpc) is 3.20. The van der Waals surface area contributed by atoms with E-state index in [1.807, 2.05) is 46.0 Å². The van der Waals surface area contributed by atoms with Crippen LogP contribution in [0.1, 0.15) is 49.3 Å². The van der Waals surface area contributed by atoms with Crippen LogP contribution in [0.25, 0.3) is 11.3 Å². The molecule has 3 aromatic rings. The Balaban J connectivity index is 1.47. The van der Waals surface area contributed by atoms with E-state index in [0.29, 0.717) is 23.7 Å². The van der Waals surface area contributed by atoms with Crippen molar-refractivity contribution >= 4 is 23.7 Å². The molecule has 1 saturated heterocycles. The van der Waals surface area contributed by atoms with Gasteiger partial charge >= 0.3 is 12.1 Å². The van der Waals surface area contributed by atoms with E-state index in [9.17, 15) is 9.59 Å². The quantitative estimate of drug-likeness (QED) is 0.556. The summed E-state index contributed by atoms with van der Waals surface area (Å²) >= 11 is 0. The summed E-state index contributed by atoms with van der Waals surface area (Å²) in [7, 11) is 1.35. The Hall–Kier alpha value is -3.95. The summed E-state index contributed by atoms with van der Waals surface area (Å²) in [5.41, 5.74) is 3.13. The van der Waals surface area contributed by atoms with Crippen LogP contribution in [0.2, 0.25) is 0 Å². The highest BCUT2D eigenvalue weighted by atomic mass is 16.6. The van der Waals surface area contributed by atoms with Gasteiger partial charge in [-0.15, -0.1) is 0 Å². The molecule has 3 heterocycles. The second-order valence-corrected chi connectivity index (χ2v) is 9.07. The first-order valence-electron chi connectivity index (χ1n) is 11.0. The molecular weight excluding hydrogens is 436 g/mol. The topological polar surface area (TPSA) is 111 Å². The van der Waals surface area contributed by atoms with Gasteiger partial charge in [-0.05, 0) is 45.4 Å². The molecule has 1 aliphatic heterocycles. The average molecular weight is 465 g/mol. The molecular formula is C24H28N6O4. The number of benzene rings is 1. The van der Waals surface area contributed by atoms with Crippen molar-refractivity contribution < 1.29 is 19.1 Å². The van der Waals surface area contributed by atoms with Crippen molar-refractivity contribution in [1.29, 1.82) is 0 Å². The lowest BCUT2D eigenvalue weighted by molar-refractivity contribution is -0.0256. The molecule has 10 heteroatoms. The maximum absolute atomic E-state index is 12.4. The molecule has 178 valence electrons. The van der Waals surface area contributed by atoms with Crippen LogP contribution in [0.4, 0.5) is 16.4 Å². The second kappa shape index (κ2) is 9.12. The van der Waals surface area contributed by atoms with Crippen LogP contribution < -0.4 is 5.32 Å². The fourth-order valence-corrected chi connectivity index (χ4v) is 3.55. The van der Waals surface area contributed by atoms with E-state index in [2.05, 4.69) is 20.4 Å². The number of carbonyl (C=O) groups excluding carboxylic acids is 2. The Bertz CT molecular complexity index is 1200. The van der Waals surface area contributed by atoms with Crippen LogP contribution in [0.15, 0.2) is 42.9 Å². The van der Waals surface area contributed by atoms with Gasteiger partial charge in [0.15, 0.2) is 0 Å². The van der Waals surface area contributed by atoms with Crippen LogP contribution in [-0.2, 0) is 9.47 Å². The summed E-state index contributed by atoms with van der Waals surface area (Å²) in [6, 6.07) is 7.06. The van der Waals surface area contributed by atoms with Crippen molar-refractivity contribution in [3.8, 4) is 11.3 Å². The zero-order chi connectivity index (χ0) is 24.5. The first-order valence-corrected chi connectivity index (χ1v) is 11.0. The molecule has 0 bridgehead atoms. The summed E-state index contributed by atoms with van der Waals surface area (Å²) in [4.78, 5) is 34.8. The largest absolute Gasteiger partial charge is 0.465 e. The lowest BCUT2D eigenvalue weighted by atomic mass is 10.1. The normalized spacial score (nSPS) is 15.4. The zero-order valence-corrected chi connectivity index (χ0v) is 19.9. The Morgan fingerprint density at radius 3 is 2.50 bits per heavy atom. The highest BCUT2D eigenvalue weighted by Gasteiger charge is 2.37. The minimum atomic E-state index is -0.547. The number of esters is 1. The van der Waals surface area contributed by atoms with Crippen LogP contribution in [-0.4, -0.2) is 56.0 Å². The molecule has 0 spiro atoms. The van der Waals surface area contributed by atoms with Crippen molar-refractivity contribution in [2.24, 2.45) is 0 Å². The van der Waals surface area contributed by atoms with Gasteiger partial charge in [-0.3, -0.25) is 4.90 Å². The molecule has 1 N–H and O–H groups in total. The lowest BCUT2D eigenvalue weighted by Gasteiger charge is -2.41. The van der Waals surface area contributed by atoms with Crippen molar-refractivity contribution in [1.82, 2.24) is 24.6 Å². The smallest absolute Gasteiger partial charge is 0.412 e. The highest BCUT2D eigenvalue weighted by molar-refractivity contribution is 5.90. The van der Waals surface area contributed by atoms with Crippen molar-refractivity contribution in [3.63, 3.8) is 0 Å². The molecule has 0 radical (unpaired) electrons. The zero-order valence-electron chi connectivity index (χ0n) is 19.9. The molecule has 2 aromatic heterocycles. The van der Waals surface area contributed by atoms with E-state index in [-0.39, 0.29) is 18.2 Å². The van der Waals surface area contributed by atoms with Gasteiger partial charge in [0.1, 0.15) is 11.8 Å². The van der Waals surface area contributed by atoms with Gasteiger partial charge in [-0.25, -0.2) is 24.2 Å². The number of nitrogens with zero attached hydrogens (tertiary/aromatic N) is 5. The van der Waals surface area contributed by atoms with Crippen molar-refractivity contribution in [2.45, 2.75) is 45.9 Å². The summed E-state index contributed by atoms with van der Waals surface area (Å²) in [6.07, 6.45) is 5.48. The van der Waals surface area contributed by atoms with E-state index in [4.69, 9.17) is 9.47 Å². The standard InChI is InChI=1S/C24H28N6O4/c1-15-12-25-22(28-20(15)16-6-8-17(9-7-16)21(31)33-5)27-18-13-26-30(14-18)19-10-11-29(19)23(32)34-24(2,3)4/h6-9,12-14,19H,10-11H2,1-5H3,(H,25,27,28). The van der Waals surface area contributed by atoms with Crippen LogP contribution in [0.3, 0.4) is 0 Å². The number of anilines is 2. The minimum absolute atomic E-state index is 0.187. The van der Waals surface area contributed by atoms with Crippen molar-refractivity contribution in [2.75, 3.05) is 19.0 Å². The molecule has 1 unspecified atom stereocenters. The molecule has 1 fully saturated rings. The predicted octanol–water partition coefficient (Wildman–Crippen LogP) is 4.32. The molecule has 34 heavy (non-hydrogen) atoms. The van der Waals surface area contributed by atoms with Gasteiger partial charge in [-0.1, -0.05) is 12.1 Å². The summed E-state index contributed by atoms with van der Waals surface area (Å²) in [6.45, 7) is 8.09. The number of likely N-dealkylation sites (tertiary alicyclic amines) is 1. The Kier molecular flexibility index (Phi) is 6.23. The number of amides is 1. The molecule has 4 rings (SSSR count). The Morgan fingerprint density at radius 1 is 1.15 bits per heavy atom. The molecule has 0 saturated carbocycles. The molecule has 1 atom stereocenters. The molecule has 10 nitrogen and oxygen atoms in total. The van der Waals surface area contributed by atoms with Gasteiger partial charge in [0, 0.05) is 24.7 Å². The third-order valence-corrected chi connectivity index (χ3v) is 5.33. The first kappa shape index (κ1) is 23.2. The predicted molar refractivity (Wildman–Crippen MR) is 126 cm³/mol. The number of hydrogen-bond acceptors (Lipinski definition) is 8. The number of ether oxygens (including phenoxy) is 2. The van der Waals surface area contributed by atoms with Crippen molar-refractivity contribution in [3.05, 3.63) is 54.0 Å². The van der Waals surface area contributed by atoms with Gasteiger partial charge < -0.3 is 14.8 Å². The molecule has 1 aliphatic rings. The third kappa shape index (κ3) is 5.00. The van der Waals surface area contributed by atoms with Gasteiger partial charge in [0.2, 0.25) is 5.95 Å². The monoisotopic (exact) mass is 464 g/mol. The molecule has 0 aliphatic carbocycles. The molecule has 1 amide bonds. The number of aromatic nitrogens is 4. The number of carbonyl (C=O) groups is 2. The summed E-state index contributed by atoms with van der Waals surface area (Å²) in [5.74, 6) is 0.0248. The van der Waals surface area contributed by atoms with E-state index >= 15 is 0 Å². The van der Waals surface area contributed by atoms with E-state index < -0.39 is 5.60 Å². The van der Waals surface area contributed by atoms with Gasteiger partial charge in [-0.2, -0.15) is 5.10 Å². The second-order valence-electron chi connectivity index (χ2n) is 9.07. The Labute approximate surface area is 197 Å². The van der Waals surface area contributed by atoms with Crippen LogP contribution >= 0.6 is 0 Å². The maximum Gasteiger partial charge on any atom is 0.412 e. The van der Waals surface area contributed by atoms with Crippen LogP contribution in [0, 0.1) is 6.92 Å². The Morgan fingerprint density at radius 2 is 1.88 bits per heavy atom. The fourth-order valence-electron chi connectivity index (χ4n) is 3.55. The minimum Gasteiger partial charge on any atom is -0.465 e. The van der Waals surface area contributed by atoms with E-state index in [1.165, 1.54) is 7.11 Å². The number of nitrogens with one attached hydrogen (secondary N) is 1. The highest BCUT2D eigenvalue weighted by Crippen LogP contribution is 2.30. The number of rotatable bonds is 5.